The summed E-state index contributed by atoms with van der Waals surface area (Å²) in [5.41, 5.74) is 5.48. The Bertz CT molecular complexity index is 1480. The van der Waals surface area contributed by atoms with Gasteiger partial charge in [0, 0.05) is 11.0 Å². The van der Waals surface area contributed by atoms with Gasteiger partial charge in [-0.05, 0) is 96.9 Å². The number of thioether (sulfide) groups is 1. The van der Waals surface area contributed by atoms with Crippen molar-refractivity contribution in [2.24, 2.45) is 5.41 Å². The first-order valence-electron chi connectivity index (χ1n) is 13.5. The summed E-state index contributed by atoms with van der Waals surface area (Å²) in [6, 6.07) is 23.0. The zero-order valence-electron chi connectivity index (χ0n) is 22.5. The van der Waals surface area contributed by atoms with Gasteiger partial charge in [-0.25, -0.2) is 4.98 Å². The second-order valence-corrected chi connectivity index (χ2v) is 13.3. The molecule has 0 radical (unpaired) electrons. The molecule has 1 aliphatic carbocycles. The number of fused-ring (bicyclic) bond motifs is 1. The lowest BCUT2D eigenvalue weighted by Gasteiger charge is -2.24. The molecule has 1 aliphatic rings. The van der Waals surface area contributed by atoms with E-state index in [2.05, 4.69) is 60.0 Å². The van der Waals surface area contributed by atoms with Gasteiger partial charge in [0.1, 0.15) is 0 Å². The van der Waals surface area contributed by atoms with Gasteiger partial charge in [-0.1, -0.05) is 54.6 Å². The zero-order chi connectivity index (χ0) is 27.5. The smallest absolute Gasteiger partial charge is 0.303 e. The number of rotatable bonds is 12. The molecule has 1 fully saturated rings. The molecule has 0 amide bonds. The molecule has 202 valence electrons. The summed E-state index contributed by atoms with van der Waals surface area (Å²) in [7, 11) is 0. The number of thiophene rings is 1. The summed E-state index contributed by atoms with van der Waals surface area (Å²) in [5, 5.41) is 22.4. The predicted octanol–water partition coefficient (Wildman–Crippen LogP) is 8.36. The molecular weight excluding hydrogens is 523 g/mol. The highest BCUT2D eigenvalue weighted by Crippen LogP contribution is 2.53. The lowest BCUT2D eigenvalue weighted by molar-refractivity contribution is -0.138. The number of aliphatic carboxylic acids is 1. The van der Waals surface area contributed by atoms with Crippen LogP contribution in [-0.2, 0) is 16.8 Å². The third-order valence-corrected chi connectivity index (χ3v) is 10.0. The van der Waals surface area contributed by atoms with E-state index < -0.39 is 11.6 Å². The summed E-state index contributed by atoms with van der Waals surface area (Å²) < 4.78 is 1.19. The van der Waals surface area contributed by atoms with Crippen molar-refractivity contribution < 1.29 is 15.0 Å². The quantitative estimate of drug-likeness (QED) is 0.183. The van der Waals surface area contributed by atoms with E-state index in [0.29, 0.717) is 0 Å². The minimum absolute atomic E-state index is 0.0662. The normalized spacial score (nSPS) is 15.6. The Hall–Kier alpha value is -2.93. The summed E-state index contributed by atoms with van der Waals surface area (Å²) >= 11 is 3.58. The number of hydrogen-bond acceptors (Lipinski definition) is 5. The molecule has 2 aromatic carbocycles. The molecule has 6 heteroatoms. The van der Waals surface area contributed by atoms with Gasteiger partial charge in [-0.2, -0.15) is 11.8 Å². The maximum absolute atomic E-state index is 11.5. The minimum atomic E-state index is -0.899. The van der Waals surface area contributed by atoms with Gasteiger partial charge >= 0.3 is 5.97 Å². The van der Waals surface area contributed by atoms with Crippen LogP contribution in [0.3, 0.4) is 0 Å². The van der Waals surface area contributed by atoms with Crippen LogP contribution in [0.15, 0.2) is 72.1 Å². The van der Waals surface area contributed by atoms with Gasteiger partial charge < -0.3 is 10.2 Å². The second-order valence-electron chi connectivity index (χ2n) is 11.2. The van der Waals surface area contributed by atoms with E-state index in [-0.39, 0.29) is 17.1 Å². The highest BCUT2D eigenvalue weighted by Gasteiger charge is 2.44. The number of aliphatic hydroxyl groups is 1. The van der Waals surface area contributed by atoms with E-state index in [1.165, 1.54) is 10.3 Å². The van der Waals surface area contributed by atoms with Gasteiger partial charge in [0.05, 0.1) is 27.9 Å². The second kappa shape index (κ2) is 11.7. The molecular formula is C33H35NO3S2. The highest BCUT2D eigenvalue weighted by atomic mass is 32.2. The average Bonchev–Trinajstić information content (AvgIpc) is 3.49. The molecule has 2 heterocycles. The van der Waals surface area contributed by atoms with Crippen LogP contribution in [0.5, 0.6) is 0 Å². The number of carboxylic acids is 1. The number of aryl methyl sites for hydroxylation is 1. The van der Waals surface area contributed by atoms with E-state index in [9.17, 15) is 15.0 Å². The molecule has 39 heavy (non-hydrogen) atoms. The largest absolute Gasteiger partial charge is 0.481 e. The molecule has 0 aliphatic heterocycles. The molecule has 1 saturated carbocycles. The molecule has 4 aromatic rings. The van der Waals surface area contributed by atoms with Gasteiger partial charge in [-0.15, -0.1) is 11.3 Å². The van der Waals surface area contributed by atoms with E-state index in [0.717, 1.165) is 59.3 Å². The van der Waals surface area contributed by atoms with E-state index in [1.807, 2.05) is 49.9 Å². The Morgan fingerprint density at radius 1 is 1.10 bits per heavy atom. The van der Waals surface area contributed by atoms with E-state index in [1.54, 1.807) is 11.3 Å². The molecule has 2 aromatic heterocycles. The Morgan fingerprint density at radius 3 is 2.69 bits per heavy atom. The molecule has 0 spiro atoms. The van der Waals surface area contributed by atoms with Crippen molar-refractivity contribution in [3.8, 4) is 0 Å². The lowest BCUT2D eigenvalue weighted by atomic mass is 9.90. The number of carboxylic acid groups (broad SMARTS) is 1. The maximum atomic E-state index is 11.5. The van der Waals surface area contributed by atoms with Crippen LogP contribution < -0.4 is 0 Å². The topological polar surface area (TPSA) is 70.4 Å². The number of aromatic nitrogens is 1. The van der Waals surface area contributed by atoms with Crippen molar-refractivity contribution >= 4 is 51.4 Å². The summed E-state index contributed by atoms with van der Waals surface area (Å²) in [6.07, 6.45) is 8.15. The first-order chi connectivity index (χ1) is 18.7. The number of hydrogen-bond donors (Lipinski definition) is 2. The molecule has 5 rings (SSSR count). The number of nitrogens with zero attached hydrogens (tertiary/aromatic N) is 1. The van der Waals surface area contributed by atoms with Crippen molar-refractivity contribution in [3.05, 3.63) is 100 Å². The van der Waals surface area contributed by atoms with Crippen molar-refractivity contribution in [1.82, 2.24) is 4.98 Å². The van der Waals surface area contributed by atoms with Crippen LogP contribution in [0.1, 0.15) is 72.7 Å². The number of pyridine rings is 1. The fraction of sp³-hybridized carbons (Fsp3) is 0.333. The molecule has 4 nitrogen and oxygen atoms in total. The van der Waals surface area contributed by atoms with Gasteiger partial charge in [0.25, 0.3) is 0 Å². The molecule has 0 unspecified atom stereocenters. The standard InChI is InChI=1S/C33H35NO3S2/c1-32(2,37)27-9-4-3-7-24(27)11-14-29(39-22-33(17-18-33)21-31(35)36)25-8-5-6-23(20-25)10-12-26-13-15-30-28(34-26)16-19-38-30/h3-10,12-13,15-16,19-20,29,37H,11,14,17-18,21-22H2,1-2H3,(H,35,36)/b12-10+/t29-/m1/s1. The Kier molecular flexibility index (Phi) is 8.27. The first kappa shape index (κ1) is 27.6. The predicted molar refractivity (Wildman–Crippen MR) is 164 cm³/mol. The summed E-state index contributed by atoms with van der Waals surface area (Å²) in [4.78, 5) is 16.2. The van der Waals surface area contributed by atoms with Crippen LogP contribution in [0.4, 0.5) is 0 Å². The van der Waals surface area contributed by atoms with Crippen molar-refractivity contribution in [2.45, 2.75) is 56.8 Å². The van der Waals surface area contributed by atoms with Crippen LogP contribution >= 0.6 is 23.1 Å². The van der Waals surface area contributed by atoms with Crippen LogP contribution in [0, 0.1) is 5.41 Å². The molecule has 2 N–H and O–H groups in total. The Labute approximate surface area is 238 Å². The average molecular weight is 558 g/mol. The van der Waals surface area contributed by atoms with Gasteiger partial charge in [-0.3, -0.25) is 4.79 Å². The molecule has 0 saturated heterocycles. The molecule has 1 atom stereocenters. The fourth-order valence-electron chi connectivity index (χ4n) is 5.12. The monoisotopic (exact) mass is 557 g/mol. The Balaban J connectivity index is 1.36. The fourth-order valence-corrected chi connectivity index (χ4v) is 7.41. The maximum Gasteiger partial charge on any atom is 0.303 e. The molecule has 0 bridgehead atoms. The zero-order valence-corrected chi connectivity index (χ0v) is 24.1. The third-order valence-electron chi connectivity index (χ3n) is 7.48. The van der Waals surface area contributed by atoms with E-state index in [4.69, 9.17) is 4.98 Å². The third kappa shape index (κ3) is 7.18. The summed E-state index contributed by atoms with van der Waals surface area (Å²) in [5.74, 6) is 0.145. The van der Waals surface area contributed by atoms with Crippen LogP contribution in [0.2, 0.25) is 0 Å². The van der Waals surface area contributed by atoms with Crippen molar-refractivity contribution in [2.75, 3.05) is 5.75 Å². The van der Waals surface area contributed by atoms with Crippen molar-refractivity contribution in [3.63, 3.8) is 0 Å². The van der Waals surface area contributed by atoms with E-state index >= 15 is 0 Å². The number of carbonyl (C=O) groups is 1. The summed E-state index contributed by atoms with van der Waals surface area (Å²) in [6.45, 7) is 3.67. The first-order valence-corrected chi connectivity index (χ1v) is 15.4. The van der Waals surface area contributed by atoms with Crippen LogP contribution in [-0.4, -0.2) is 26.9 Å². The Morgan fingerprint density at radius 2 is 1.92 bits per heavy atom. The van der Waals surface area contributed by atoms with Gasteiger partial charge in [0.2, 0.25) is 0 Å². The minimum Gasteiger partial charge on any atom is -0.481 e. The highest BCUT2D eigenvalue weighted by molar-refractivity contribution is 7.99. The SMILES string of the molecule is CC(C)(O)c1ccccc1CC[C@@H](SCC1(CC(=O)O)CC1)c1cccc(/C=C/c2ccc3sccc3n2)c1. The van der Waals surface area contributed by atoms with Gasteiger partial charge in [0.15, 0.2) is 0 Å². The number of benzene rings is 2. The lowest BCUT2D eigenvalue weighted by Crippen LogP contribution is -2.18. The van der Waals surface area contributed by atoms with Crippen LogP contribution in [0.25, 0.3) is 22.4 Å². The van der Waals surface area contributed by atoms with Crippen molar-refractivity contribution in [1.29, 1.82) is 0 Å².